The SMILES string of the molecule is CC(CN)c1c(F)cccc1N(C)C. The highest BCUT2D eigenvalue weighted by molar-refractivity contribution is 5.54. The fraction of sp³-hybridized carbons (Fsp3) is 0.455. The molecule has 0 spiro atoms. The van der Waals surface area contributed by atoms with Gasteiger partial charge in [0.25, 0.3) is 0 Å². The van der Waals surface area contributed by atoms with Crippen molar-refractivity contribution < 1.29 is 4.39 Å². The molecule has 0 radical (unpaired) electrons. The molecule has 0 fully saturated rings. The lowest BCUT2D eigenvalue weighted by atomic mass is 9.98. The Bertz CT molecular complexity index is 310. The molecule has 0 saturated heterocycles. The van der Waals surface area contributed by atoms with Crippen molar-refractivity contribution in [2.45, 2.75) is 12.8 Å². The van der Waals surface area contributed by atoms with E-state index < -0.39 is 0 Å². The van der Waals surface area contributed by atoms with Gasteiger partial charge in [0.1, 0.15) is 5.82 Å². The van der Waals surface area contributed by atoms with E-state index >= 15 is 0 Å². The van der Waals surface area contributed by atoms with Gasteiger partial charge < -0.3 is 10.6 Å². The number of hydrogen-bond acceptors (Lipinski definition) is 2. The van der Waals surface area contributed by atoms with Crippen LogP contribution >= 0.6 is 0 Å². The minimum absolute atomic E-state index is 0.0496. The lowest BCUT2D eigenvalue weighted by molar-refractivity contribution is 0.590. The Labute approximate surface area is 84.5 Å². The van der Waals surface area contributed by atoms with Crippen LogP contribution in [0.5, 0.6) is 0 Å². The van der Waals surface area contributed by atoms with Crippen LogP contribution in [0.4, 0.5) is 10.1 Å². The predicted molar refractivity (Wildman–Crippen MR) is 58.2 cm³/mol. The third-order valence-electron chi connectivity index (χ3n) is 2.36. The minimum Gasteiger partial charge on any atom is -0.377 e. The summed E-state index contributed by atoms with van der Waals surface area (Å²) >= 11 is 0. The monoisotopic (exact) mass is 196 g/mol. The Hall–Kier alpha value is -1.09. The molecule has 0 aromatic heterocycles. The van der Waals surface area contributed by atoms with Crippen molar-refractivity contribution in [2.24, 2.45) is 5.73 Å². The molecule has 2 nitrogen and oxygen atoms in total. The van der Waals surface area contributed by atoms with Gasteiger partial charge >= 0.3 is 0 Å². The maximum absolute atomic E-state index is 13.6. The van der Waals surface area contributed by atoms with E-state index in [1.807, 2.05) is 32.0 Å². The number of anilines is 1. The van der Waals surface area contributed by atoms with Gasteiger partial charge in [0.15, 0.2) is 0 Å². The van der Waals surface area contributed by atoms with Crippen molar-refractivity contribution in [2.75, 3.05) is 25.5 Å². The number of halogens is 1. The third-order valence-corrected chi connectivity index (χ3v) is 2.36. The molecule has 0 aliphatic heterocycles. The molecule has 1 atom stereocenters. The van der Waals surface area contributed by atoms with Gasteiger partial charge in [-0.1, -0.05) is 13.0 Å². The number of hydrogen-bond donors (Lipinski definition) is 1. The van der Waals surface area contributed by atoms with Crippen molar-refractivity contribution in [1.82, 2.24) is 0 Å². The Kier molecular flexibility index (Phi) is 3.47. The molecule has 0 aliphatic carbocycles. The van der Waals surface area contributed by atoms with Gasteiger partial charge in [0.05, 0.1) is 0 Å². The Morgan fingerprint density at radius 2 is 2.07 bits per heavy atom. The highest BCUT2D eigenvalue weighted by atomic mass is 19.1. The molecule has 0 amide bonds. The molecule has 14 heavy (non-hydrogen) atoms. The fourth-order valence-electron chi connectivity index (χ4n) is 1.52. The normalized spacial score (nSPS) is 12.6. The molecular formula is C11H17FN2. The Balaban J connectivity index is 3.22. The Morgan fingerprint density at radius 1 is 1.43 bits per heavy atom. The molecule has 0 bridgehead atoms. The second kappa shape index (κ2) is 4.42. The summed E-state index contributed by atoms with van der Waals surface area (Å²) in [5.41, 5.74) is 7.17. The lowest BCUT2D eigenvalue weighted by Crippen LogP contribution is -2.17. The zero-order valence-corrected chi connectivity index (χ0v) is 8.92. The van der Waals surface area contributed by atoms with E-state index in [-0.39, 0.29) is 11.7 Å². The summed E-state index contributed by atoms with van der Waals surface area (Å²) in [4.78, 5) is 1.91. The van der Waals surface area contributed by atoms with Crippen LogP contribution in [0.25, 0.3) is 0 Å². The van der Waals surface area contributed by atoms with Crippen LogP contribution < -0.4 is 10.6 Å². The summed E-state index contributed by atoms with van der Waals surface area (Å²) in [6.45, 7) is 2.40. The zero-order chi connectivity index (χ0) is 10.7. The zero-order valence-electron chi connectivity index (χ0n) is 8.92. The van der Waals surface area contributed by atoms with E-state index in [4.69, 9.17) is 5.73 Å². The summed E-state index contributed by atoms with van der Waals surface area (Å²) in [7, 11) is 3.81. The van der Waals surface area contributed by atoms with Crippen LogP contribution in [0.3, 0.4) is 0 Å². The summed E-state index contributed by atoms with van der Waals surface area (Å²) < 4.78 is 13.6. The molecule has 2 N–H and O–H groups in total. The fourth-order valence-corrected chi connectivity index (χ4v) is 1.52. The number of rotatable bonds is 3. The van der Waals surface area contributed by atoms with Gasteiger partial charge in [-0.2, -0.15) is 0 Å². The van der Waals surface area contributed by atoms with Gasteiger partial charge in [-0.15, -0.1) is 0 Å². The van der Waals surface area contributed by atoms with E-state index in [0.717, 1.165) is 5.69 Å². The average Bonchev–Trinajstić information content (AvgIpc) is 2.16. The number of nitrogens with zero attached hydrogens (tertiary/aromatic N) is 1. The summed E-state index contributed by atoms with van der Waals surface area (Å²) in [5.74, 6) is -0.122. The van der Waals surface area contributed by atoms with Gasteiger partial charge in [-0.25, -0.2) is 4.39 Å². The number of nitrogens with two attached hydrogens (primary N) is 1. The highest BCUT2D eigenvalue weighted by Crippen LogP contribution is 2.28. The summed E-state index contributed by atoms with van der Waals surface area (Å²) in [6, 6.07) is 5.11. The van der Waals surface area contributed by atoms with Crippen molar-refractivity contribution in [3.05, 3.63) is 29.6 Å². The molecule has 1 aromatic rings. The standard InChI is InChI=1S/C11H17FN2/c1-8(7-13)11-9(12)5-4-6-10(11)14(2)3/h4-6,8H,7,13H2,1-3H3. The van der Waals surface area contributed by atoms with E-state index in [1.165, 1.54) is 6.07 Å². The van der Waals surface area contributed by atoms with Crippen molar-refractivity contribution in [3.8, 4) is 0 Å². The second-order valence-electron chi connectivity index (χ2n) is 3.70. The van der Waals surface area contributed by atoms with Crippen LogP contribution in [0.1, 0.15) is 18.4 Å². The second-order valence-corrected chi connectivity index (χ2v) is 3.70. The first kappa shape index (κ1) is 11.0. The molecule has 1 rings (SSSR count). The van der Waals surface area contributed by atoms with E-state index in [0.29, 0.717) is 12.1 Å². The summed E-state index contributed by atoms with van der Waals surface area (Å²) in [6.07, 6.45) is 0. The molecule has 0 aliphatic rings. The van der Waals surface area contributed by atoms with Crippen LogP contribution in [0.2, 0.25) is 0 Å². The van der Waals surface area contributed by atoms with Gasteiger partial charge in [-0.3, -0.25) is 0 Å². The molecule has 3 heteroatoms. The highest BCUT2D eigenvalue weighted by Gasteiger charge is 2.15. The Morgan fingerprint density at radius 3 is 2.57 bits per heavy atom. The van der Waals surface area contributed by atoms with Crippen molar-refractivity contribution in [1.29, 1.82) is 0 Å². The minimum atomic E-state index is -0.172. The molecular weight excluding hydrogens is 179 g/mol. The van der Waals surface area contributed by atoms with Gasteiger partial charge in [-0.05, 0) is 24.6 Å². The smallest absolute Gasteiger partial charge is 0.128 e. The van der Waals surface area contributed by atoms with E-state index in [2.05, 4.69) is 0 Å². The topological polar surface area (TPSA) is 29.3 Å². The van der Waals surface area contributed by atoms with E-state index in [1.54, 1.807) is 6.07 Å². The van der Waals surface area contributed by atoms with Crippen molar-refractivity contribution >= 4 is 5.69 Å². The van der Waals surface area contributed by atoms with Crippen molar-refractivity contribution in [3.63, 3.8) is 0 Å². The third kappa shape index (κ3) is 2.04. The lowest BCUT2D eigenvalue weighted by Gasteiger charge is -2.21. The first-order valence-corrected chi connectivity index (χ1v) is 4.73. The first-order valence-electron chi connectivity index (χ1n) is 4.73. The van der Waals surface area contributed by atoms with Crippen LogP contribution in [-0.2, 0) is 0 Å². The van der Waals surface area contributed by atoms with Crippen LogP contribution in [-0.4, -0.2) is 20.6 Å². The summed E-state index contributed by atoms with van der Waals surface area (Å²) in [5, 5.41) is 0. The maximum Gasteiger partial charge on any atom is 0.128 e. The maximum atomic E-state index is 13.6. The van der Waals surface area contributed by atoms with Gasteiger partial charge in [0, 0.05) is 25.3 Å². The molecule has 1 aromatic carbocycles. The van der Waals surface area contributed by atoms with E-state index in [9.17, 15) is 4.39 Å². The largest absolute Gasteiger partial charge is 0.377 e. The van der Waals surface area contributed by atoms with Crippen LogP contribution in [0, 0.1) is 5.82 Å². The van der Waals surface area contributed by atoms with Gasteiger partial charge in [0.2, 0.25) is 0 Å². The molecule has 1 unspecified atom stereocenters. The average molecular weight is 196 g/mol. The quantitative estimate of drug-likeness (QED) is 0.800. The van der Waals surface area contributed by atoms with Crippen LogP contribution in [0.15, 0.2) is 18.2 Å². The molecule has 0 saturated carbocycles. The molecule has 78 valence electrons. The number of benzene rings is 1. The predicted octanol–water partition coefficient (Wildman–Crippen LogP) is 1.95. The first-order chi connectivity index (χ1) is 6.57. The molecule has 0 heterocycles.